The van der Waals surface area contributed by atoms with Gasteiger partial charge in [0.1, 0.15) is 5.75 Å². The Kier molecular flexibility index (Phi) is 8.74. The number of piperidine rings is 1. The van der Waals surface area contributed by atoms with Crippen molar-refractivity contribution in [3.8, 4) is 5.75 Å². The fourth-order valence-electron chi connectivity index (χ4n) is 3.91. The van der Waals surface area contributed by atoms with Gasteiger partial charge in [-0.1, -0.05) is 36.4 Å². The van der Waals surface area contributed by atoms with Crippen molar-refractivity contribution in [1.82, 2.24) is 15.5 Å². The Hall–Kier alpha value is -2.57. The lowest BCUT2D eigenvalue weighted by atomic mass is 10.0. The first-order chi connectivity index (χ1) is 15.1. The van der Waals surface area contributed by atoms with E-state index in [1.165, 1.54) is 11.1 Å². The Morgan fingerprint density at radius 3 is 2.68 bits per heavy atom. The van der Waals surface area contributed by atoms with Crippen LogP contribution >= 0.6 is 0 Å². The number of likely N-dealkylation sites (tertiary alicyclic amines) is 1. The van der Waals surface area contributed by atoms with Crippen molar-refractivity contribution in [2.75, 3.05) is 33.3 Å². The first-order valence-electron chi connectivity index (χ1n) is 11.2. The standard InChI is InChI=1S/C25H36N4O2/c1-4-26-25(27-17-24(30)20-10-7-11-23(16-20)31-3)28-22-12-14-29(15-13-22)18-21-9-6-5-8-19(21)2/h5-11,16,22,24,30H,4,12-15,17-18H2,1-3H3,(H2,26,27,28). The molecule has 0 saturated carbocycles. The van der Waals surface area contributed by atoms with E-state index in [0.717, 1.165) is 56.3 Å². The van der Waals surface area contributed by atoms with Gasteiger partial charge in [0.2, 0.25) is 0 Å². The van der Waals surface area contributed by atoms with Crippen molar-refractivity contribution in [3.63, 3.8) is 0 Å². The van der Waals surface area contributed by atoms with Crippen LogP contribution in [0, 0.1) is 6.92 Å². The summed E-state index contributed by atoms with van der Waals surface area (Å²) in [5, 5.41) is 17.4. The van der Waals surface area contributed by atoms with Crippen LogP contribution in [0.4, 0.5) is 0 Å². The van der Waals surface area contributed by atoms with Crippen LogP contribution in [0.2, 0.25) is 0 Å². The molecule has 0 amide bonds. The summed E-state index contributed by atoms with van der Waals surface area (Å²) >= 11 is 0. The molecule has 0 aliphatic carbocycles. The van der Waals surface area contributed by atoms with E-state index in [4.69, 9.17) is 4.74 Å². The molecule has 31 heavy (non-hydrogen) atoms. The molecule has 0 radical (unpaired) electrons. The highest BCUT2D eigenvalue weighted by Gasteiger charge is 2.20. The van der Waals surface area contributed by atoms with Crippen LogP contribution in [-0.4, -0.2) is 55.3 Å². The normalized spacial score (nSPS) is 16.7. The molecule has 6 heteroatoms. The van der Waals surface area contributed by atoms with Crippen molar-refractivity contribution < 1.29 is 9.84 Å². The zero-order valence-corrected chi connectivity index (χ0v) is 19.0. The van der Waals surface area contributed by atoms with Crippen LogP contribution in [0.15, 0.2) is 53.5 Å². The highest BCUT2D eigenvalue weighted by atomic mass is 16.5. The molecule has 2 aromatic carbocycles. The van der Waals surface area contributed by atoms with Gasteiger partial charge in [0, 0.05) is 32.2 Å². The van der Waals surface area contributed by atoms with E-state index in [2.05, 4.69) is 58.6 Å². The minimum atomic E-state index is -0.665. The fraction of sp³-hybridized carbons (Fsp3) is 0.480. The minimum Gasteiger partial charge on any atom is -0.497 e. The first kappa shape index (κ1) is 23.1. The lowest BCUT2D eigenvalue weighted by molar-refractivity contribution is 0.186. The SMILES string of the molecule is CCNC(=NCC(O)c1cccc(OC)c1)NC1CCN(Cc2ccccc2C)CC1. The maximum Gasteiger partial charge on any atom is 0.191 e. The van der Waals surface area contributed by atoms with Crippen LogP contribution in [0.3, 0.4) is 0 Å². The summed E-state index contributed by atoms with van der Waals surface area (Å²) in [5.41, 5.74) is 3.58. The lowest BCUT2D eigenvalue weighted by Crippen LogP contribution is -2.48. The Morgan fingerprint density at radius 1 is 1.19 bits per heavy atom. The molecule has 0 spiro atoms. The summed E-state index contributed by atoms with van der Waals surface area (Å²) in [6, 6.07) is 16.5. The number of aryl methyl sites for hydroxylation is 1. The number of hydrogen-bond acceptors (Lipinski definition) is 4. The molecule has 3 N–H and O–H groups in total. The van der Waals surface area contributed by atoms with Gasteiger partial charge in [-0.3, -0.25) is 9.89 Å². The molecule has 6 nitrogen and oxygen atoms in total. The Balaban J connectivity index is 1.51. The summed E-state index contributed by atoms with van der Waals surface area (Å²) in [5.74, 6) is 1.50. The summed E-state index contributed by atoms with van der Waals surface area (Å²) in [4.78, 5) is 7.15. The zero-order chi connectivity index (χ0) is 22.1. The number of aliphatic imine (C=N–C) groups is 1. The van der Waals surface area contributed by atoms with E-state index in [0.29, 0.717) is 12.6 Å². The van der Waals surface area contributed by atoms with Gasteiger partial charge in [-0.15, -0.1) is 0 Å². The monoisotopic (exact) mass is 424 g/mol. The third-order valence-electron chi connectivity index (χ3n) is 5.83. The molecule has 0 bridgehead atoms. The molecule has 1 saturated heterocycles. The van der Waals surface area contributed by atoms with Crippen LogP contribution in [0.5, 0.6) is 5.75 Å². The zero-order valence-electron chi connectivity index (χ0n) is 19.0. The second-order valence-corrected chi connectivity index (χ2v) is 8.13. The second kappa shape index (κ2) is 11.7. The molecule has 1 unspecified atom stereocenters. The summed E-state index contributed by atoms with van der Waals surface area (Å²) in [6.45, 7) is 8.47. The third kappa shape index (κ3) is 6.97. The second-order valence-electron chi connectivity index (χ2n) is 8.13. The number of aliphatic hydroxyl groups excluding tert-OH is 1. The molecular formula is C25H36N4O2. The van der Waals surface area contributed by atoms with Crippen LogP contribution < -0.4 is 15.4 Å². The van der Waals surface area contributed by atoms with Gasteiger partial charge in [0.05, 0.1) is 19.8 Å². The van der Waals surface area contributed by atoms with Crippen LogP contribution in [0.1, 0.15) is 42.6 Å². The van der Waals surface area contributed by atoms with Gasteiger partial charge in [-0.2, -0.15) is 0 Å². The predicted octanol–water partition coefficient (Wildman–Crippen LogP) is 3.26. The van der Waals surface area contributed by atoms with Gasteiger partial charge >= 0.3 is 0 Å². The maximum atomic E-state index is 10.5. The summed E-state index contributed by atoms with van der Waals surface area (Å²) < 4.78 is 5.25. The van der Waals surface area contributed by atoms with Gasteiger partial charge in [0.25, 0.3) is 0 Å². The number of hydrogen-bond donors (Lipinski definition) is 3. The van der Waals surface area contributed by atoms with Crippen LogP contribution in [0.25, 0.3) is 0 Å². The average Bonchev–Trinajstić information content (AvgIpc) is 2.80. The van der Waals surface area contributed by atoms with Gasteiger partial charge in [0.15, 0.2) is 5.96 Å². The summed E-state index contributed by atoms with van der Waals surface area (Å²) in [6.07, 6.45) is 1.49. The Morgan fingerprint density at radius 2 is 1.97 bits per heavy atom. The lowest BCUT2D eigenvalue weighted by Gasteiger charge is -2.33. The number of aliphatic hydroxyl groups is 1. The van der Waals surface area contributed by atoms with Crippen molar-refractivity contribution in [1.29, 1.82) is 0 Å². The molecule has 1 fully saturated rings. The smallest absolute Gasteiger partial charge is 0.191 e. The molecule has 2 aromatic rings. The predicted molar refractivity (Wildman–Crippen MR) is 127 cm³/mol. The summed E-state index contributed by atoms with van der Waals surface area (Å²) in [7, 11) is 1.63. The molecule has 3 rings (SSSR count). The molecule has 1 heterocycles. The highest BCUT2D eigenvalue weighted by molar-refractivity contribution is 5.80. The number of nitrogens with one attached hydrogen (secondary N) is 2. The molecular weight excluding hydrogens is 388 g/mol. The Labute approximate surface area is 186 Å². The average molecular weight is 425 g/mol. The van der Waals surface area contributed by atoms with E-state index in [1.807, 2.05) is 24.3 Å². The van der Waals surface area contributed by atoms with Crippen molar-refractivity contribution in [3.05, 3.63) is 65.2 Å². The van der Waals surface area contributed by atoms with E-state index >= 15 is 0 Å². The van der Waals surface area contributed by atoms with Gasteiger partial charge < -0.3 is 20.5 Å². The number of guanidine groups is 1. The van der Waals surface area contributed by atoms with Crippen molar-refractivity contribution in [2.24, 2.45) is 4.99 Å². The maximum absolute atomic E-state index is 10.5. The molecule has 1 atom stereocenters. The van der Waals surface area contributed by atoms with E-state index in [-0.39, 0.29) is 0 Å². The third-order valence-corrected chi connectivity index (χ3v) is 5.83. The quantitative estimate of drug-likeness (QED) is 0.448. The topological polar surface area (TPSA) is 69.1 Å². The number of ether oxygens (including phenoxy) is 1. The highest BCUT2D eigenvalue weighted by Crippen LogP contribution is 2.19. The van der Waals surface area contributed by atoms with Crippen molar-refractivity contribution in [2.45, 2.75) is 45.4 Å². The number of benzene rings is 2. The molecule has 0 aromatic heterocycles. The largest absolute Gasteiger partial charge is 0.497 e. The van der Waals surface area contributed by atoms with Gasteiger partial charge in [-0.25, -0.2) is 0 Å². The first-order valence-corrected chi connectivity index (χ1v) is 11.2. The van der Waals surface area contributed by atoms with E-state index in [9.17, 15) is 5.11 Å². The molecule has 1 aliphatic heterocycles. The van der Waals surface area contributed by atoms with E-state index < -0.39 is 6.10 Å². The molecule has 168 valence electrons. The number of methoxy groups -OCH3 is 1. The van der Waals surface area contributed by atoms with Gasteiger partial charge in [-0.05, 0) is 55.5 Å². The van der Waals surface area contributed by atoms with Crippen LogP contribution in [-0.2, 0) is 6.54 Å². The fourth-order valence-corrected chi connectivity index (χ4v) is 3.91. The minimum absolute atomic E-state index is 0.300. The number of nitrogens with zero attached hydrogens (tertiary/aromatic N) is 2. The van der Waals surface area contributed by atoms with E-state index in [1.54, 1.807) is 7.11 Å². The number of rotatable bonds is 8. The van der Waals surface area contributed by atoms with Crippen molar-refractivity contribution >= 4 is 5.96 Å². The molecule has 1 aliphatic rings. The Bertz CT molecular complexity index is 847.